The molecule has 14 nitrogen and oxygen atoms in total. The van der Waals surface area contributed by atoms with Gasteiger partial charge in [0.1, 0.15) is 0 Å². The molecule has 0 fully saturated rings. The molecule has 15 heteroatoms. The molecule has 2 atom stereocenters. The molecule has 1 radical (unpaired) electrons. The summed E-state index contributed by atoms with van der Waals surface area (Å²) in [6.45, 7) is 3.01. The van der Waals surface area contributed by atoms with E-state index in [-0.39, 0.29) is 43.0 Å². The summed E-state index contributed by atoms with van der Waals surface area (Å²) >= 11 is 0. The van der Waals surface area contributed by atoms with E-state index in [1.165, 1.54) is 12.7 Å². The molecule has 2 rings (SSSR count). The monoisotopic (exact) mass is 505 g/mol. The van der Waals surface area contributed by atoms with Crippen molar-refractivity contribution >= 4 is 23.8 Å². The standard InChI is InChI=1S/2C9H14N4O3.Mn/c2*1-5-6(12-4-11-5)2-7(9(15)16)13-8(14)3-10;/h2*4,7H,2-3,10H2,1H3,(H,11,12)(H,13,14)(H,15,16);/q;;+2/p-2/t2*7-;/m00./s1. The normalized spacial score (nSPS) is 11.8. The van der Waals surface area contributed by atoms with E-state index in [2.05, 4.69) is 30.6 Å². The van der Waals surface area contributed by atoms with Crippen LogP contribution in [0.4, 0.5) is 0 Å². The van der Waals surface area contributed by atoms with Crippen LogP contribution in [0.15, 0.2) is 12.7 Å². The first kappa shape index (κ1) is 29.7. The van der Waals surface area contributed by atoms with Crippen LogP contribution in [0.2, 0.25) is 0 Å². The third-order valence-electron chi connectivity index (χ3n) is 4.27. The van der Waals surface area contributed by atoms with E-state index in [1.807, 2.05) is 0 Å². The zero-order valence-electron chi connectivity index (χ0n) is 18.0. The van der Waals surface area contributed by atoms with Crippen molar-refractivity contribution in [2.45, 2.75) is 38.8 Å². The molecule has 0 saturated heterocycles. The summed E-state index contributed by atoms with van der Waals surface area (Å²) in [5, 5.41) is 26.1. The van der Waals surface area contributed by atoms with Gasteiger partial charge in [0.25, 0.3) is 0 Å². The van der Waals surface area contributed by atoms with E-state index in [0.29, 0.717) is 11.4 Å². The predicted octanol–water partition coefficient (Wildman–Crippen LogP) is -5.09. The quantitative estimate of drug-likeness (QED) is 0.168. The Morgan fingerprint density at radius 3 is 1.39 bits per heavy atom. The summed E-state index contributed by atoms with van der Waals surface area (Å²) in [7, 11) is 0. The molecule has 0 aromatic carbocycles. The fourth-order valence-corrected chi connectivity index (χ4v) is 2.47. The zero-order chi connectivity index (χ0) is 24.3. The molecule has 0 bridgehead atoms. The molecule has 33 heavy (non-hydrogen) atoms. The SMILES string of the molecule is Cc1[nH]cnc1C[C@H](NC(=O)CN)C(=O)[O-].Cc1[nH]cnc1C[C@H](NC(=O)CN)C(=O)[O-].[Mn+2]. The van der Waals surface area contributed by atoms with Crippen LogP contribution in [0.25, 0.3) is 0 Å². The van der Waals surface area contributed by atoms with Gasteiger partial charge in [0.05, 0.1) is 61.2 Å². The molecule has 0 saturated carbocycles. The Morgan fingerprint density at radius 2 is 1.18 bits per heavy atom. The van der Waals surface area contributed by atoms with Crippen molar-refractivity contribution in [3.8, 4) is 0 Å². The Balaban J connectivity index is 0.000000602. The number of carbonyl (C=O) groups is 4. The van der Waals surface area contributed by atoms with Crippen LogP contribution < -0.4 is 32.3 Å². The van der Waals surface area contributed by atoms with Gasteiger partial charge in [0.15, 0.2) is 0 Å². The Hall–Kier alpha value is -3.26. The van der Waals surface area contributed by atoms with Gasteiger partial charge >= 0.3 is 17.1 Å². The largest absolute Gasteiger partial charge is 2.00 e. The average molecular weight is 505 g/mol. The van der Waals surface area contributed by atoms with Crippen molar-refractivity contribution < 1.29 is 46.5 Å². The summed E-state index contributed by atoms with van der Waals surface area (Å²) in [5.41, 5.74) is 12.8. The smallest absolute Gasteiger partial charge is 0.548 e. The Bertz CT molecular complexity index is 856. The number of hydrogen-bond donors (Lipinski definition) is 6. The summed E-state index contributed by atoms with van der Waals surface area (Å²) in [6.07, 6.45) is 3.07. The van der Waals surface area contributed by atoms with Gasteiger partial charge in [-0.05, 0) is 13.8 Å². The molecule has 0 aliphatic rings. The second-order valence-electron chi connectivity index (χ2n) is 6.64. The second-order valence-corrected chi connectivity index (χ2v) is 6.64. The summed E-state index contributed by atoms with van der Waals surface area (Å²) < 4.78 is 0. The average Bonchev–Trinajstić information content (AvgIpc) is 3.34. The number of aromatic nitrogens is 4. The third kappa shape index (κ3) is 10.3. The number of H-pyrrole nitrogens is 2. The van der Waals surface area contributed by atoms with Crippen molar-refractivity contribution in [1.29, 1.82) is 0 Å². The molecule has 0 unspecified atom stereocenters. The van der Waals surface area contributed by atoms with Crippen molar-refractivity contribution in [2.24, 2.45) is 11.5 Å². The number of imidazole rings is 2. The van der Waals surface area contributed by atoms with E-state index in [4.69, 9.17) is 11.5 Å². The van der Waals surface area contributed by atoms with E-state index >= 15 is 0 Å². The molecular formula is C18H26MnN8O6. The number of nitrogens with zero attached hydrogens (tertiary/aromatic N) is 2. The number of carbonyl (C=O) groups excluding carboxylic acids is 4. The number of rotatable bonds is 10. The Kier molecular flexibility index (Phi) is 13.3. The van der Waals surface area contributed by atoms with Crippen LogP contribution in [0.3, 0.4) is 0 Å². The molecule has 0 aliphatic heterocycles. The predicted molar refractivity (Wildman–Crippen MR) is 106 cm³/mol. The second kappa shape index (κ2) is 14.7. The van der Waals surface area contributed by atoms with Gasteiger partial charge in [-0.1, -0.05) is 0 Å². The van der Waals surface area contributed by atoms with Crippen molar-refractivity contribution in [3.05, 3.63) is 35.4 Å². The number of carboxylic acid groups (broad SMARTS) is 2. The minimum atomic E-state index is -1.36. The van der Waals surface area contributed by atoms with E-state index < -0.39 is 35.8 Å². The number of aliphatic carboxylic acids is 2. The van der Waals surface area contributed by atoms with Gasteiger partial charge in [0.2, 0.25) is 11.8 Å². The van der Waals surface area contributed by atoms with Gasteiger partial charge in [-0.15, -0.1) is 0 Å². The van der Waals surface area contributed by atoms with Gasteiger partial charge in [0, 0.05) is 24.2 Å². The summed E-state index contributed by atoms with van der Waals surface area (Å²) in [6, 6.07) is -2.23. The number of nitrogens with two attached hydrogens (primary N) is 2. The minimum Gasteiger partial charge on any atom is -0.548 e. The van der Waals surface area contributed by atoms with Crippen molar-refractivity contribution in [3.63, 3.8) is 0 Å². The summed E-state index contributed by atoms with van der Waals surface area (Å²) in [4.78, 5) is 57.1. The van der Waals surface area contributed by atoms with Gasteiger partial charge in [-0.3, -0.25) is 9.59 Å². The first-order valence-electron chi connectivity index (χ1n) is 9.47. The van der Waals surface area contributed by atoms with Gasteiger partial charge in [-0.25, -0.2) is 9.97 Å². The first-order valence-corrected chi connectivity index (χ1v) is 9.47. The summed E-state index contributed by atoms with van der Waals surface area (Å²) in [5.74, 6) is -3.79. The molecule has 0 aliphatic carbocycles. The maximum absolute atomic E-state index is 11.0. The molecule has 181 valence electrons. The van der Waals surface area contributed by atoms with Crippen molar-refractivity contribution in [2.75, 3.05) is 13.1 Å². The van der Waals surface area contributed by atoms with Gasteiger partial charge < -0.3 is 51.9 Å². The van der Waals surface area contributed by atoms with Gasteiger partial charge in [-0.2, -0.15) is 0 Å². The number of carboxylic acids is 2. The maximum Gasteiger partial charge on any atom is 2.00 e. The number of hydrogen-bond acceptors (Lipinski definition) is 10. The van der Waals surface area contributed by atoms with Crippen LogP contribution in [0.5, 0.6) is 0 Å². The molecule has 2 aromatic heterocycles. The zero-order valence-corrected chi connectivity index (χ0v) is 19.2. The molecule has 2 heterocycles. The fraction of sp³-hybridized carbons (Fsp3) is 0.444. The molecule has 8 N–H and O–H groups in total. The van der Waals surface area contributed by atoms with E-state index in [1.54, 1.807) is 13.8 Å². The molecule has 0 spiro atoms. The molecule has 2 amide bonds. The number of nitrogens with one attached hydrogen (secondary N) is 4. The molecular weight excluding hydrogens is 479 g/mol. The van der Waals surface area contributed by atoms with Crippen LogP contribution in [-0.2, 0) is 49.1 Å². The number of amides is 2. The Labute approximate surface area is 199 Å². The third-order valence-corrected chi connectivity index (χ3v) is 4.27. The van der Waals surface area contributed by atoms with E-state index in [9.17, 15) is 29.4 Å². The van der Waals surface area contributed by atoms with E-state index in [0.717, 1.165) is 11.4 Å². The topological polar surface area (TPSA) is 248 Å². The number of aromatic amines is 2. The van der Waals surface area contributed by atoms with Crippen LogP contribution >= 0.6 is 0 Å². The fourth-order valence-electron chi connectivity index (χ4n) is 2.47. The maximum atomic E-state index is 11.0. The Morgan fingerprint density at radius 1 is 0.848 bits per heavy atom. The van der Waals surface area contributed by atoms with Crippen LogP contribution in [-0.4, -0.2) is 68.9 Å². The number of aryl methyl sites for hydroxylation is 2. The molecule has 2 aromatic rings. The van der Waals surface area contributed by atoms with Crippen LogP contribution in [0, 0.1) is 13.8 Å². The first-order chi connectivity index (χ1) is 15.1. The van der Waals surface area contributed by atoms with Crippen LogP contribution in [0.1, 0.15) is 22.8 Å². The minimum absolute atomic E-state index is 0. The van der Waals surface area contributed by atoms with Crippen molar-refractivity contribution in [1.82, 2.24) is 30.6 Å².